The lowest BCUT2D eigenvalue weighted by molar-refractivity contribution is -0.146. The molecule has 3 nitrogen and oxygen atoms in total. The Morgan fingerprint density at radius 3 is 2.53 bits per heavy atom. The van der Waals surface area contributed by atoms with E-state index >= 15 is 0 Å². The summed E-state index contributed by atoms with van der Waals surface area (Å²) in [6.07, 6.45) is 6.72. The average Bonchev–Trinajstić information content (AvgIpc) is 2.28. The third-order valence-electron chi connectivity index (χ3n) is 3.47. The zero-order valence-electron chi connectivity index (χ0n) is 10.2. The molecule has 0 aromatic carbocycles. The summed E-state index contributed by atoms with van der Waals surface area (Å²) in [6.45, 7) is 2.94. The Bertz CT molecular complexity index is 200. The molecule has 1 atom stereocenters. The third kappa shape index (κ3) is 3.82. The van der Waals surface area contributed by atoms with E-state index in [1.807, 2.05) is 14.0 Å². The Hall–Kier alpha value is -0.570. The van der Waals surface area contributed by atoms with Gasteiger partial charge in [-0.2, -0.15) is 0 Å². The summed E-state index contributed by atoms with van der Waals surface area (Å²) in [5, 5.41) is 0. The van der Waals surface area contributed by atoms with Gasteiger partial charge in [-0.15, -0.1) is 0 Å². The van der Waals surface area contributed by atoms with Crippen molar-refractivity contribution in [3.63, 3.8) is 0 Å². The van der Waals surface area contributed by atoms with Gasteiger partial charge < -0.3 is 4.74 Å². The van der Waals surface area contributed by atoms with Gasteiger partial charge in [0.25, 0.3) is 0 Å². The summed E-state index contributed by atoms with van der Waals surface area (Å²) >= 11 is 0. The van der Waals surface area contributed by atoms with Gasteiger partial charge in [0.15, 0.2) is 0 Å². The van der Waals surface area contributed by atoms with Gasteiger partial charge in [-0.05, 0) is 32.7 Å². The zero-order chi connectivity index (χ0) is 11.3. The van der Waals surface area contributed by atoms with Gasteiger partial charge in [0.2, 0.25) is 0 Å². The SMILES string of the molecule is COC(=O)C(C)N(C)CC1CCCCC1. The lowest BCUT2D eigenvalue weighted by Gasteiger charge is -2.29. The minimum absolute atomic E-state index is 0.114. The van der Waals surface area contributed by atoms with E-state index in [-0.39, 0.29) is 12.0 Å². The fraction of sp³-hybridized carbons (Fsp3) is 0.917. The van der Waals surface area contributed by atoms with Crippen molar-refractivity contribution in [2.24, 2.45) is 5.92 Å². The molecule has 15 heavy (non-hydrogen) atoms. The standard InChI is InChI=1S/C12H23NO2/c1-10(12(14)15-3)13(2)9-11-7-5-4-6-8-11/h10-11H,4-9H2,1-3H3. The molecule has 88 valence electrons. The van der Waals surface area contributed by atoms with Crippen LogP contribution in [0, 0.1) is 5.92 Å². The Labute approximate surface area is 92.8 Å². The van der Waals surface area contributed by atoms with E-state index in [2.05, 4.69) is 4.90 Å². The van der Waals surface area contributed by atoms with Crippen LogP contribution >= 0.6 is 0 Å². The van der Waals surface area contributed by atoms with E-state index in [0.29, 0.717) is 0 Å². The third-order valence-corrected chi connectivity index (χ3v) is 3.47. The highest BCUT2D eigenvalue weighted by atomic mass is 16.5. The molecule has 0 spiro atoms. The number of likely N-dealkylation sites (N-methyl/N-ethyl adjacent to an activating group) is 1. The number of ether oxygens (including phenoxy) is 1. The fourth-order valence-corrected chi connectivity index (χ4v) is 2.29. The maximum atomic E-state index is 11.3. The Kier molecular flexibility index (Phi) is 5.09. The van der Waals surface area contributed by atoms with Gasteiger partial charge in [0, 0.05) is 6.54 Å². The molecule has 1 aliphatic carbocycles. The van der Waals surface area contributed by atoms with Crippen LogP contribution in [-0.4, -0.2) is 37.6 Å². The molecular formula is C12H23NO2. The van der Waals surface area contributed by atoms with Gasteiger partial charge in [0.05, 0.1) is 7.11 Å². The molecule has 1 saturated carbocycles. The van der Waals surface area contributed by atoms with E-state index in [1.165, 1.54) is 39.2 Å². The molecule has 0 aromatic heterocycles. The van der Waals surface area contributed by atoms with Crippen LogP contribution in [-0.2, 0) is 9.53 Å². The summed E-state index contributed by atoms with van der Waals surface area (Å²) in [7, 11) is 3.46. The van der Waals surface area contributed by atoms with Crippen molar-refractivity contribution in [3.05, 3.63) is 0 Å². The van der Waals surface area contributed by atoms with Crippen LogP contribution in [0.4, 0.5) is 0 Å². The molecule has 1 fully saturated rings. The molecule has 0 saturated heterocycles. The van der Waals surface area contributed by atoms with Crippen LogP contribution in [0.3, 0.4) is 0 Å². The van der Waals surface area contributed by atoms with Crippen LogP contribution < -0.4 is 0 Å². The molecular weight excluding hydrogens is 190 g/mol. The molecule has 0 aromatic rings. The lowest BCUT2D eigenvalue weighted by Crippen LogP contribution is -2.40. The van der Waals surface area contributed by atoms with E-state index < -0.39 is 0 Å². The number of hydrogen-bond donors (Lipinski definition) is 0. The number of methoxy groups -OCH3 is 1. The molecule has 0 heterocycles. The van der Waals surface area contributed by atoms with Crippen LogP contribution in [0.15, 0.2) is 0 Å². The predicted octanol–water partition coefficient (Wildman–Crippen LogP) is 2.06. The maximum absolute atomic E-state index is 11.3. The van der Waals surface area contributed by atoms with Gasteiger partial charge in [0.1, 0.15) is 6.04 Å². The first-order chi connectivity index (χ1) is 7.15. The molecule has 1 aliphatic rings. The van der Waals surface area contributed by atoms with Gasteiger partial charge in [-0.1, -0.05) is 19.3 Å². The number of rotatable bonds is 4. The minimum Gasteiger partial charge on any atom is -0.468 e. The summed E-state index contributed by atoms with van der Waals surface area (Å²) in [6, 6.07) is -0.114. The predicted molar refractivity (Wildman–Crippen MR) is 60.7 cm³/mol. The second-order valence-electron chi connectivity index (χ2n) is 4.64. The first kappa shape index (κ1) is 12.5. The van der Waals surface area contributed by atoms with Gasteiger partial charge in [-0.25, -0.2) is 0 Å². The van der Waals surface area contributed by atoms with Crippen molar-refractivity contribution in [2.45, 2.75) is 45.1 Å². The fourth-order valence-electron chi connectivity index (χ4n) is 2.29. The second kappa shape index (κ2) is 6.11. The molecule has 3 heteroatoms. The Morgan fingerprint density at radius 1 is 1.40 bits per heavy atom. The highest BCUT2D eigenvalue weighted by molar-refractivity contribution is 5.75. The van der Waals surface area contributed by atoms with Crippen molar-refractivity contribution >= 4 is 5.97 Å². The average molecular weight is 213 g/mol. The minimum atomic E-state index is -0.131. The molecule has 0 bridgehead atoms. The van der Waals surface area contributed by atoms with Crippen LogP contribution in [0.1, 0.15) is 39.0 Å². The van der Waals surface area contributed by atoms with Crippen LogP contribution in [0.25, 0.3) is 0 Å². The summed E-state index contributed by atoms with van der Waals surface area (Å²) in [4.78, 5) is 13.4. The van der Waals surface area contributed by atoms with E-state index in [9.17, 15) is 4.79 Å². The lowest BCUT2D eigenvalue weighted by atomic mass is 9.89. The van der Waals surface area contributed by atoms with Crippen molar-refractivity contribution in [1.82, 2.24) is 4.90 Å². The van der Waals surface area contributed by atoms with Gasteiger partial charge >= 0.3 is 5.97 Å². The number of esters is 1. The molecule has 0 aliphatic heterocycles. The molecule has 0 amide bonds. The van der Waals surface area contributed by atoms with Crippen LogP contribution in [0.2, 0.25) is 0 Å². The van der Waals surface area contributed by atoms with Gasteiger partial charge in [-0.3, -0.25) is 9.69 Å². The van der Waals surface area contributed by atoms with Crippen molar-refractivity contribution in [2.75, 3.05) is 20.7 Å². The highest BCUT2D eigenvalue weighted by Crippen LogP contribution is 2.24. The molecule has 0 radical (unpaired) electrons. The van der Waals surface area contributed by atoms with E-state index in [1.54, 1.807) is 0 Å². The van der Waals surface area contributed by atoms with Crippen molar-refractivity contribution in [1.29, 1.82) is 0 Å². The topological polar surface area (TPSA) is 29.5 Å². The number of hydrogen-bond acceptors (Lipinski definition) is 3. The second-order valence-corrected chi connectivity index (χ2v) is 4.64. The monoisotopic (exact) mass is 213 g/mol. The molecule has 0 N–H and O–H groups in total. The van der Waals surface area contributed by atoms with E-state index in [0.717, 1.165) is 12.5 Å². The van der Waals surface area contributed by atoms with E-state index in [4.69, 9.17) is 4.74 Å². The summed E-state index contributed by atoms with van der Waals surface area (Å²) in [5.41, 5.74) is 0. The van der Waals surface area contributed by atoms with Crippen molar-refractivity contribution < 1.29 is 9.53 Å². The number of carbonyl (C=O) groups is 1. The Balaban J connectivity index is 2.32. The quantitative estimate of drug-likeness (QED) is 0.669. The molecule has 1 unspecified atom stereocenters. The van der Waals surface area contributed by atoms with Crippen molar-refractivity contribution in [3.8, 4) is 0 Å². The summed E-state index contributed by atoms with van der Waals surface area (Å²) in [5.74, 6) is 0.643. The number of carbonyl (C=O) groups excluding carboxylic acids is 1. The number of nitrogens with zero attached hydrogens (tertiary/aromatic N) is 1. The first-order valence-electron chi connectivity index (χ1n) is 5.93. The zero-order valence-corrected chi connectivity index (χ0v) is 10.2. The molecule has 1 rings (SSSR count). The highest BCUT2D eigenvalue weighted by Gasteiger charge is 2.22. The maximum Gasteiger partial charge on any atom is 0.322 e. The smallest absolute Gasteiger partial charge is 0.322 e. The first-order valence-corrected chi connectivity index (χ1v) is 5.93. The normalized spacial score (nSPS) is 20.3. The largest absolute Gasteiger partial charge is 0.468 e. The Morgan fingerprint density at radius 2 is 2.00 bits per heavy atom. The summed E-state index contributed by atoms with van der Waals surface area (Å²) < 4.78 is 4.74. The van der Waals surface area contributed by atoms with Crippen LogP contribution in [0.5, 0.6) is 0 Å².